The zero-order valence-corrected chi connectivity index (χ0v) is 13.2. The quantitative estimate of drug-likeness (QED) is 0.861. The van der Waals surface area contributed by atoms with E-state index in [1.165, 1.54) is 19.4 Å². The molecule has 2 N–H and O–H groups in total. The lowest BCUT2D eigenvalue weighted by atomic mass is 10.1. The van der Waals surface area contributed by atoms with E-state index in [1.54, 1.807) is 6.20 Å². The molecule has 0 aliphatic carbocycles. The second-order valence-corrected chi connectivity index (χ2v) is 6.56. The number of anilines is 2. The number of nitrogens with zero attached hydrogens (tertiary/aromatic N) is 3. The van der Waals surface area contributed by atoms with Crippen molar-refractivity contribution in [3.63, 3.8) is 0 Å². The number of nitrogen functional groups attached to an aromatic ring is 1. The Morgan fingerprint density at radius 2 is 2.21 bits per heavy atom. The fraction of sp³-hybridized carbons (Fsp3) is 0.643. The molecule has 2 saturated heterocycles. The molecule has 0 bridgehead atoms. The molecule has 104 valence electrons. The van der Waals surface area contributed by atoms with Crippen LogP contribution in [0.15, 0.2) is 10.7 Å². The van der Waals surface area contributed by atoms with Crippen LogP contribution in [0, 0.1) is 6.92 Å². The van der Waals surface area contributed by atoms with Gasteiger partial charge in [0, 0.05) is 25.2 Å². The number of pyridine rings is 1. The summed E-state index contributed by atoms with van der Waals surface area (Å²) >= 11 is 3.67. The van der Waals surface area contributed by atoms with Gasteiger partial charge in [0.25, 0.3) is 0 Å². The zero-order chi connectivity index (χ0) is 13.6. The highest BCUT2D eigenvalue weighted by Gasteiger charge is 2.35. The van der Waals surface area contributed by atoms with Crippen LogP contribution >= 0.6 is 15.9 Å². The van der Waals surface area contributed by atoms with Crippen molar-refractivity contribution in [2.24, 2.45) is 0 Å². The van der Waals surface area contributed by atoms with Crippen molar-refractivity contribution in [2.45, 2.75) is 38.8 Å². The van der Waals surface area contributed by atoms with Gasteiger partial charge < -0.3 is 10.6 Å². The van der Waals surface area contributed by atoms with Gasteiger partial charge in [0.2, 0.25) is 0 Å². The molecular formula is C14H21BrN4. The van der Waals surface area contributed by atoms with Gasteiger partial charge >= 0.3 is 0 Å². The first-order chi connectivity index (χ1) is 9.08. The summed E-state index contributed by atoms with van der Waals surface area (Å²) in [6.07, 6.45) is 4.43. The van der Waals surface area contributed by atoms with E-state index in [2.05, 4.69) is 37.6 Å². The third-order valence-electron chi connectivity index (χ3n) is 4.49. The van der Waals surface area contributed by atoms with E-state index in [1.807, 2.05) is 6.92 Å². The van der Waals surface area contributed by atoms with Gasteiger partial charge in [-0.05, 0) is 54.7 Å². The molecule has 2 aliphatic heterocycles. The third-order valence-corrected chi connectivity index (χ3v) is 5.44. The van der Waals surface area contributed by atoms with E-state index < -0.39 is 0 Å². The zero-order valence-electron chi connectivity index (χ0n) is 11.6. The first-order valence-corrected chi connectivity index (χ1v) is 7.78. The summed E-state index contributed by atoms with van der Waals surface area (Å²) in [6, 6.07) is 1.20. The largest absolute Gasteiger partial charge is 0.397 e. The molecule has 4 nitrogen and oxygen atoms in total. The van der Waals surface area contributed by atoms with Crippen LogP contribution in [0.4, 0.5) is 11.5 Å². The number of hydrogen-bond donors (Lipinski definition) is 1. The number of halogens is 1. The smallest absolute Gasteiger partial charge is 0.143 e. The molecule has 0 spiro atoms. The lowest BCUT2D eigenvalue weighted by molar-refractivity contribution is 0.202. The predicted octanol–water partition coefficient (Wildman–Crippen LogP) is 2.41. The van der Waals surface area contributed by atoms with Gasteiger partial charge in [-0.3, -0.25) is 4.90 Å². The van der Waals surface area contributed by atoms with Gasteiger partial charge in [0.15, 0.2) is 0 Å². The van der Waals surface area contributed by atoms with E-state index in [0.717, 1.165) is 34.6 Å². The highest BCUT2D eigenvalue weighted by Crippen LogP contribution is 2.34. The molecule has 2 fully saturated rings. The standard InChI is InChI=1S/C14H21BrN4/c1-9-7-18-5-3-4-11(18)8-19(9)14-13(15)10(2)12(16)6-17-14/h6,9,11H,3-5,7-8,16H2,1-2H3. The number of hydrogen-bond acceptors (Lipinski definition) is 4. The molecule has 3 rings (SSSR count). The Bertz CT molecular complexity index is 491. The molecule has 0 radical (unpaired) electrons. The molecule has 19 heavy (non-hydrogen) atoms. The fourth-order valence-corrected chi connectivity index (χ4v) is 3.82. The third kappa shape index (κ3) is 2.23. The molecule has 1 aromatic rings. The number of aromatic nitrogens is 1. The van der Waals surface area contributed by atoms with Crippen LogP contribution < -0.4 is 10.6 Å². The Balaban J connectivity index is 1.91. The summed E-state index contributed by atoms with van der Waals surface area (Å²) < 4.78 is 1.05. The van der Waals surface area contributed by atoms with Crippen LogP contribution in [0.3, 0.4) is 0 Å². The predicted molar refractivity (Wildman–Crippen MR) is 82.5 cm³/mol. The van der Waals surface area contributed by atoms with Crippen molar-refractivity contribution >= 4 is 27.4 Å². The Kier molecular flexibility index (Phi) is 3.43. The van der Waals surface area contributed by atoms with Gasteiger partial charge in [0.05, 0.1) is 16.4 Å². The minimum Gasteiger partial charge on any atom is -0.397 e. The molecule has 0 aromatic carbocycles. The first kappa shape index (κ1) is 13.2. The lowest BCUT2D eigenvalue weighted by Gasteiger charge is -2.43. The molecule has 2 unspecified atom stereocenters. The summed E-state index contributed by atoms with van der Waals surface area (Å²) in [5, 5.41) is 0. The second-order valence-electron chi connectivity index (χ2n) is 5.77. The number of fused-ring (bicyclic) bond motifs is 1. The van der Waals surface area contributed by atoms with Crippen LogP contribution in [0.2, 0.25) is 0 Å². The van der Waals surface area contributed by atoms with Crippen LogP contribution in [0.25, 0.3) is 0 Å². The number of nitrogens with two attached hydrogens (primary N) is 1. The van der Waals surface area contributed by atoms with Gasteiger partial charge in [-0.25, -0.2) is 4.98 Å². The SMILES string of the molecule is Cc1c(N)cnc(N2CC3CCCN3CC2C)c1Br. The normalized spacial score (nSPS) is 27.6. The van der Waals surface area contributed by atoms with E-state index in [-0.39, 0.29) is 0 Å². The number of piperazine rings is 1. The number of rotatable bonds is 1. The van der Waals surface area contributed by atoms with E-state index in [4.69, 9.17) is 5.73 Å². The average molecular weight is 325 g/mol. The van der Waals surface area contributed by atoms with Crippen molar-refractivity contribution in [3.8, 4) is 0 Å². The Morgan fingerprint density at radius 3 is 3.00 bits per heavy atom. The van der Waals surface area contributed by atoms with Crippen LogP contribution in [-0.2, 0) is 0 Å². The van der Waals surface area contributed by atoms with Crippen molar-refractivity contribution in [3.05, 3.63) is 16.2 Å². The van der Waals surface area contributed by atoms with Crippen molar-refractivity contribution < 1.29 is 0 Å². The molecular weight excluding hydrogens is 304 g/mol. The molecule has 2 atom stereocenters. The Morgan fingerprint density at radius 1 is 1.42 bits per heavy atom. The highest BCUT2D eigenvalue weighted by atomic mass is 79.9. The van der Waals surface area contributed by atoms with Crippen LogP contribution in [-0.4, -0.2) is 41.6 Å². The molecule has 3 heterocycles. The molecule has 1 aromatic heterocycles. The monoisotopic (exact) mass is 324 g/mol. The summed E-state index contributed by atoms with van der Waals surface area (Å²) in [5.41, 5.74) is 7.76. The van der Waals surface area contributed by atoms with E-state index in [9.17, 15) is 0 Å². The molecule has 0 amide bonds. The van der Waals surface area contributed by atoms with Crippen molar-refractivity contribution in [2.75, 3.05) is 30.3 Å². The Labute approximate surface area is 123 Å². The molecule has 5 heteroatoms. The van der Waals surface area contributed by atoms with Gasteiger partial charge in [0.1, 0.15) is 5.82 Å². The summed E-state index contributed by atoms with van der Waals surface area (Å²) in [4.78, 5) is 9.62. The fourth-order valence-electron chi connectivity index (χ4n) is 3.26. The Hall–Kier alpha value is -0.810. The van der Waals surface area contributed by atoms with Crippen molar-refractivity contribution in [1.82, 2.24) is 9.88 Å². The summed E-state index contributed by atoms with van der Waals surface area (Å²) in [6.45, 7) is 7.81. The lowest BCUT2D eigenvalue weighted by Crippen LogP contribution is -2.55. The van der Waals surface area contributed by atoms with Gasteiger partial charge in [-0.2, -0.15) is 0 Å². The van der Waals surface area contributed by atoms with E-state index >= 15 is 0 Å². The van der Waals surface area contributed by atoms with Gasteiger partial charge in [-0.1, -0.05) is 0 Å². The van der Waals surface area contributed by atoms with Crippen LogP contribution in [0.5, 0.6) is 0 Å². The molecule has 0 saturated carbocycles. The van der Waals surface area contributed by atoms with Crippen molar-refractivity contribution in [1.29, 1.82) is 0 Å². The average Bonchev–Trinajstić information content (AvgIpc) is 2.83. The maximum Gasteiger partial charge on any atom is 0.143 e. The second kappa shape index (κ2) is 4.94. The highest BCUT2D eigenvalue weighted by molar-refractivity contribution is 9.10. The minimum atomic E-state index is 0.501. The maximum atomic E-state index is 5.92. The topological polar surface area (TPSA) is 45.4 Å². The minimum absolute atomic E-state index is 0.501. The maximum absolute atomic E-state index is 5.92. The summed E-state index contributed by atoms with van der Waals surface area (Å²) in [5.74, 6) is 1.05. The van der Waals surface area contributed by atoms with Gasteiger partial charge in [-0.15, -0.1) is 0 Å². The van der Waals surface area contributed by atoms with Crippen LogP contribution in [0.1, 0.15) is 25.3 Å². The first-order valence-electron chi connectivity index (χ1n) is 6.99. The summed E-state index contributed by atoms with van der Waals surface area (Å²) in [7, 11) is 0. The molecule has 2 aliphatic rings. The van der Waals surface area contributed by atoms with E-state index in [0.29, 0.717) is 12.1 Å².